The van der Waals surface area contributed by atoms with E-state index in [2.05, 4.69) is 184 Å². The van der Waals surface area contributed by atoms with Crippen LogP contribution in [0.15, 0.2) is 170 Å². The van der Waals surface area contributed by atoms with Gasteiger partial charge in [0.05, 0.1) is 0 Å². The molecule has 0 saturated heterocycles. The Bertz CT molecular complexity index is 4220. The van der Waals surface area contributed by atoms with E-state index >= 15 is 0 Å². The molecule has 0 saturated carbocycles. The molecule has 2 heteroatoms. The number of hydrogen-bond donors (Lipinski definition) is 0. The minimum absolute atomic E-state index is 1.27. The molecule has 15 rings (SSSR count). The Labute approximate surface area is 365 Å². The van der Waals surface area contributed by atoms with Crippen molar-refractivity contribution < 1.29 is 0 Å². The zero-order valence-electron chi connectivity index (χ0n) is 34.0. The topological polar surface area (TPSA) is 0 Å². The van der Waals surface area contributed by atoms with E-state index < -0.39 is 0 Å². The molecule has 0 radical (unpaired) electrons. The van der Waals surface area contributed by atoms with Gasteiger partial charge in [-0.05, 0) is 211 Å². The van der Waals surface area contributed by atoms with Gasteiger partial charge in [0.2, 0.25) is 0 Å². The molecule has 13 aromatic rings. The van der Waals surface area contributed by atoms with E-state index in [9.17, 15) is 0 Å². The summed E-state index contributed by atoms with van der Waals surface area (Å²) in [6.45, 7) is 4.46. The van der Waals surface area contributed by atoms with Crippen molar-refractivity contribution in [1.82, 2.24) is 0 Å². The zero-order valence-corrected chi connectivity index (χ0v) is 35.6. The monoisotopic (exact) mass is 818 g/mol. The summed E-state index contributed by atoms with van der Waals surface area (Å²) in [5.74, 6) is 0. The van der Waals surface area contributed by atoms with Crippen molar-refractivity contribution in [2.75, 3.05) is 0 Å². The summed E-state index contributed by atoms with van der Waals surface area (Å²) in [6, 6.07) is 65.9. The first-order valence-electron chi connectivity index (χ1n) is 21.6. The molecule has 62 heavy (non-hydrogen) atoms. The molecule has 0 unspecified atom stereocenters. The molecule has 0 atom stereocenters. The van der Waals surface area contributed by atoms with Gasteiger partial charge in [-0.15, -0.1) is 22.7 Å². The highest BCUT2D eigenvalue weighted by molar-refractivity contribution is 7.19. The summed E-state index contributed by atoms with van der Waals surface area (Å²) >= 11 is 3.76. The van der Waals surface area contributed by atoms with Crippen molar-refractivity contribution >= 4 is 107 Å². The molecule has 0 aliphatic heterocycles. The molecule has 0 nitrogen and oxygen atoms in total. The van der Waals surface area contributed by atoms with Gasteiger partial charge in [-0.1, -0.05) is 115 Å². The van der Waals surface area contributed by atoms with Crippen LogP contribution in [0, 0.1) is 13.8 Å². The minimum atomic E-state index is 1.27. The van der Waals surface area contributed by atoms with E-state index in [1.807, 2.05) is 22.7 Å². The predicted octanol–water partition coefficient (Wildman–Crippen LogP) is 18.3. The fraction of sp³-hybridized carbons (Fsp3) is 0.0333. The first kappa shape index (κ1) is 33.6. The third-order valence-electron chi connectivity index (χ3n) is 14.2. The van der Waals surface area contributed by atoms with Gasteiger partial charge in [0, 0.05) is 19.2 Å². The molecular formula is C60H34S2. The van der Waals surface area contributed by atoms with Crippen LogP contribution in [0.4, 0.5) is 0 Å². The lowest BCUT2D eigenvalue weighted by Gasteiger charge is -2.22. The summed E-state index contributed by atoms with van der Waals surface area (Å²) in [7, 11) is 0. The van der Waals surface area contributed by atoms with E-state index in [0.29, 0.717) is 0 Å². The van der Waals surface area contributed by atoms with Gasteiger partial charge in [0.1, 0.15) is 0 Å². The second kappa shape index (κ2) is 11.8. The number of rotatable bonds is 2. The predicted molar refractivity (Wildman–Crippen MR) is 271 cm³/mol. The van der Waals surface area contributed by atoms with Crippen molar-refractivity contribution in [3.05, 3.63) is 180 Å². The molecule has 2 aliphatic carbocycles. The highest BCUT2D eigenvalue weighted by atomic mass is 32.1. The van der Waals surface area contributed by atoms with E-state index in [4.69, 9.17) is 0 Å². The quantitative estimate of drug-likeness (QED) is 0.152. The van der Waals surface area contributed by atoms with Crippen LogP contribution < -0.4 is 0 Å². The van der Waals surface area contributed by atoms with Gasteiger partial charge in [-0.25, -0.2) is 0 Å². The van der Waals surface area contributed by atoms with E-state index in [1.54, 1.807) is 0 Å². The first-order valence-corrected chi connectivity index (χ1v) is 23.2. The van der Waals surface area contributed by atoms with Crippen molar-refractivity contribution in [3.63, 3.8) is 0 Å². The third-order valence-corrected chi connectivity index (χ3v) is 16.3. The van der Waals surface area contributed by atoms with Crippen molar-refractivity contribution in [2.45, 2.75) is 13.8 Å². The highest BCUT2D eigenvalue weighted by Crippen LogP contribution is 2.60. The van der Waals surface area contributed by atoms with Crippen molar-refractivity contribution in [3.8, 4) is 66.8 Å². The molecule has 2 heterocycles. The molecule has 2 aromatic heterocycles. The standard InChI is InChI=1S/C60H34S2/c1-31-24-38-26-36(17-22-52(38)61-31)55-47-21-20-41-45(19-16-35-28-49-43-12-5-9-33-10-6-13-44(54(33)43)50(49)30-48(35)41)58(47)56(37-18-23-53-39(27-37)25-32(2)62-53)59-46-15-7-14-42-40-11-4-3-8-34(40)29-51(57(42)46)60(55)59/h3-30H,1-2H3. The average molecular weight is 819 g/mol. The number of aryl methyl sites for hydroxylation is 2. The van der Waals surface area contributed by atoms with Crippen LogP contribution in [0.1, 0.15) is 9.75 Å². The Balaban J connectivity index is 1.15. The smallest absolute Gasteiger partial charge is 0.0345 e. The molecule has 0 fully saturated rings. The second-order valence-corrected chi connectivity index (χ2v) is 20.1. The minimum Gasteiger partial charge on any atom is -0.141 e. The van der Waals surface area contributed by atoms with Gasteiger partial charge < -0.3 is 0 Å². The lowest BCUT2D eigenvalue weighted by Crippen LogP contribution is -1.95. The largest absolute Gasteiger partial charge is 0.141 e. The van der Waals surface area contributed by atoms with E-state index in [0.717, 1.165) is 0 Å². The molecule has 2 aliphatic rings. The first-order chi connectivity index (χ1) is 30.5. The summed E-state index contributed by atoms with van der Waals surface area (Å²) in [4.78, 5) is 2.68. The van der Waals surface area contributed by atoms with Gasteiger partial charge in [0.15, 0.2) is 0 Å². The van der Waals surface area contributed by atoms with Gasteiger partial charge in [-0.3, -0.25) is 0 Å². The summed E-state index contributed by atoms with van der Waals surface area (Å²) in [6.07, 6.45) is 0. The van der Waals surface area contributed by atoms with Crippen molar-refractivity contribution in [2.24, 2.45) is 0 Å². The van der Waals surface area contributed by atoms with Crippen LogP contribution in [0.2, 0.25) is 0 Å². The van der Waals surface area contributed by atoms with E-state index in [1.165, 1.54) is 161 Å². The molecule has 0 bridgehead atoms. The molecule has 0 N–H and O–H groups in total. The number of hydrogen-bond acceptors (Lipinski definition) is 2. The van der Waals surface area contributed by atoms with Crippen LogP contribution in [0.5, 0.6) is 0 Å². The fourth-order valence-corrected chi connectivity index (χ4v) is 13.6. The second-order valence-electron chi connectivity index (χ2n) is 17.6. The zero-order chi connectivity index (χ0) is 40.5. The summed E-state index contributed by atoms with van der Waals surface area (Å²) in [5, 5.41) is 18.4. The Kier molecular flexibility index (Phi) is 6.41. The average Bonchev–Trinajstić information content (AvgIpc) is 4.05. The maximum atomic E-state index is 2.50. The Morgan fingerprint density at radius 2 is 0.839 bits per heavy atom. The van der Waals surface area contributed by atoms with Crippen LogP contribution in [-0.2, 0) is 0 Å². The van der Waals surface area contributed by atoms with Gasteiger partial charge >= 0.3 is 0 Å². The number of thiophene rings is 2. The maximum absolute atomic E-state index is 2.50. The highest BCUT2D eigenvalue weighted by Gasteiger charge is 2.33. The van der Waals surface area contributed by atoms with Gasteiger partial charge in [0.25, 0.3) is 0 Å². The lowest BCUT2D eigenvalue weighted by atomic mass is 9.80. The molecule has 286 valence electrons. The Morgan fingerprint density at radius 1 is 0.274 bits per heavy atom. The maximum Gasteiger partial charge on any atom is 0.0345 e. The summed E-state index contributed by atoms with van der Waals surface area (Å²) < 4.78 is 2.67. The molecule has 0 amide bonds. The molecule has 0 spiro atoms. The van der Waals surface area contributed by atoms with Crippen LogP contribution in [0.25, 0.3) is 152 Å². The summed E-state index contributed by atoms with van der Waals surface area (Å²) in [5.41, 5.74) is 15.9. The Morgan fingerprint density at radius 3 is 1.61 bits per heavy atom. The van der Waals surface area contributed by atoms with Crippen LogP contribution in [-0.4, -0.2) is 0 Å². The normalized spacial score (nSPS) is 12.7. The fourth-order valence-electron chi connectivity index (χ4n) is 11.8. The van der Waals surface area contributed by atoms with E-state index in [-0.39, 0.29) is 0 Å². The number of benzene rings is 11. The third kappa shape index (κ3) is 4.31. The van der Waals surface area contributed by atoms with Crippen LogP contribution in [0.3, 0.4) is 0 Å². The lowest BCUT2D eigenvalue weighted by molar-refractivity contribution is 1.64. The number of fused-ring (bicyclic) bond motifs is 15. The Hall–Kier alpha value is -7.10. The van der Waals surface area contributed by atoms with Crippen molar-refractivity contribution in [1.29, 1.82) is 0 Å². The molecule has 11 aromatic carbocycles. The van der Waals surface area contributed by atoms with Gasteiger partial charge in [-0.2, -0.15) is 0 Å². The van der Waals surface area contributed by atoms with Crippen LogP contribution >= 0.6 is 22.7 Å². The molecular weight excluding hydrogens is 785 g/mol. The SMILES string of the molecule is Cc1cc2cc(-c3c4c(c(-c5ccc6sc(C)cc6c5)c5c3ccc3c6cc7c(cc6ccc35)-c3cccc5cccc-7c35)-c3cccc5c3c-4cc3ccccc35)ccc2s1.